The smallest absolute Gasteiger partial charge is 0.325 e. The van der Waals surface area contributed by atoms with Crippen molar-refractivity contribution in [2.75, 3.05) is 13.2 Å². The monoisotopic (exact) mass is 223 g/mol. The number of furan rings is 1. The molecule has 5 nitrogen and oxygen atoms in total. The fourth-order valence-electron chi connectivity index (χ4n) is 0.972. The van der Waals surface area contributed by atoms with Crippen LogP contribution in [0, 0.1) is 0 Å². The minimum Gasteiger partial charge on any atom is -0.472 e. The molecule has 1 aromatic rings. The lowest BCUT2D eigenvalue weighted by atomic mass is 10.3. The fourth-order valence-corrected chi connectivity index (χ4v) is 0.972. The van der Waals surface area contributed by atoms with Gasteiger partial charge in [-0.05, 0) is 19.1 Å². The Labute approximate surface area is 93.1 Å². The zero-order chi connectivity index (χ0) is 11.8. The minimum absolute atomic E-state index is 0.123. The van der Waals surface area contributed by atoms with Crippen LogP contribution >= 0.6 is 0 Å². The molecule has 0 unspecified atom stereocenters. The molecule has 0 aliphatic carbocycles. The van der Waals surface area contributed by atoms with E-state index in [4.69, 9.17) is 4.42 Å². The maximum absolute atomic E-state index is 11.2. The third kappa shape index (κ3) is 4.45. The molecule has 0 aromatic carbocycles. The van der Waals surface area contributed by atoms with Crippen molar-refractivity contribution in [3.63, 3.8) is 0 Å². The summed E-state index contributed by atoms with van der Waals surface area (Å²) in [5.74, 6) is -0.804. The van der Waals surface area contributed by atoms with Gasteiger partial charge in [-0.3, -0.25) is 9.59 Å². The van der Waals surface area contributed by atoms with Crippen molar-refractivity contribution >= 4 is 18.0 Å². The van der Waals surface area contributed by atoms with Gasteiger partial charge in [0.05, 0.1) is 19.1 Å². The topological polar surface area (TPSA) is 68.5 Å². The van der Waals surface area contributed by atoms with Crippen LogP contribution < -0.4 is 5.32 Å². The molecule has 0 spiro atoms. The Morgan fingerprint density at radius 2 is 2.38 bits per heavy atom. The second-order valence-electron chi connectivity index (χ2n) is 2.91. The average molecular weight is 223 g/mol. The van der Waals surface area contributed by atoms with Gasteiger partial charge in [0.25, 0.3) is 0 Å². The zero-order valence-electron chi connectivity index (χ0n) is 8.93. The average Bonchev–Trinajstić information content (AvgIpc) is 2.77. The van der Waals surface area contributed by atoms with E-state index in [1.807, 2.05) is 0 Å². The molecule has 0 bridgehead atoms. The van der Waals surface area contributed by atoms with Gasteiger partial charge >= 0.3 is 5.97 Å². The Morgan fingerprint density at radius 3 is 3.00 bits per heavy atom. The largest absolute Gasteiger partial charge is 0.472 e. The number of carbonyl (C=O) groups excluding carboxylic acids is 2. The predicted molar refractivity (Wildman–Crippen MR) is 57.4 cm³/mol. The summed E-state index contributed by atoms with van der Waals surface area (Å²) in [5.41, 5.74) is 0.784. The molecule has 0 atom stereocenters. The normalized spacial score (nSPS) is 10.3. The van der Waals surface area contributed by atoms with E-state index >= 15 is 0 Å². The predicted octanol–water partition coefficient (Wildman–Crippen LogP) is 0.972. The van der Waals surface area contributed by atoms with Crippen LogP contribution in [-0.4, -0.2) is 25.0 Å². The van der Waals surface area contributed by atoms with Crippen LogP contribution in [0.5, 0.6) is 0 Å². The lowest BCUT2D eigenvalue weighted by molar-refractivity contribution is -0.143. The van der Waals surface area contributed by atoms with Crippen LogP contribution in [0.15, 0.2) is 29.1 Å². The molecule has 16 heavy (non-hydrogen) atoms. The number of nitrogens with one attached hydrogen (secondary N) is 1. The quantitative estimate of drug-likeness (QED) is 0.596. The Kier molecular flexibility index (Phi) is 4.85. The van der Waals surface area contributed by atoms with Crippen molar-refractivity contribution in [1.29, 1.82) is 0 Å². The van der Waals surface area contributed by atoms with Crippen LogP contribution in [-0.2, 0) is 14.3 Å². The number of hydrogen-bond acceptors (Lipinski definition) is 4. The second-order valence-corrected chi connectivity index (χ2v) is 2.91. The summed E-state index contributed by atoms with van der Waals surface area (Å²) in [7, 11) is 0. The highest BCUT2D eigenvalue weighted by Crippen LogP contribution is 2.01. The molecule has 1 N–H and O–H groups in total. The Morgan fingerprint density at radius 1 is 1.56 bits per heavy atom. The summed E-state index contributed by atoms with van der Waals surface area (Å²) in [5, 5.41) is 2.40. The molecular formula is C11H13NO4. The lowest BCUT2D eigenvalue weighted by Crippen LogP contribution is -2.29. The van der Waals surface area contributed by atoms with E-state index in [9.17, 15) is 9.59 Å². The first-order valence-electron chi connectivity index (χ1n) is 4.86. The van der Waals surface area contributed by atoms with E-state index in [0.717, 1.165) is 5.56 Å². The van der Waals surface area contributed by atoms with Crippen molar-refractivity contribution in [3.05, 3.63) is 30.2 Å². The molecule has 0 saturated heterocycles. The number of carbonyl (C=O) groups is 2. The van der Waals surface area contributed by atoms with Gasteiger partial charge in [0.2, 0.25) is 5.91 Å². The van der Waals surface area contributed by atoms with Crippen molar-refractivity contribution in [2.24, 2.45) is 0 Å². The number of amides is 1. The molecule has 0 fully saturated rings. The molecule has 0 radical (unpaired) electrons. The zero-order valence-corrected chi connectivity index (χ0v) is 8.93. The molecule has 1 rings (SSSR count). The van der Waals surface area contributed by atoms with Crippen LogP contribution in [0.4, 0.5) is 0 Å². The van der Waals surface area contributed by atoms with Gasteiger partial charge in [-0.1, -0.05) is 0 Å². The van der Waals surface area contributed by atoms with Crippen LogP contribution in [0.2, 0.25) is 0 Å². The first-order valence-corrected chi connectivity index (χ1v) is 4.86. The van der Waals surface area contributed by atoms with Crippen LogP contribution in [0.25, 0.3) is 6.08 Å². The Bertz CT molecular complexity index is 367. The summed E-state index contributed by atoms with van der Waals surface area (Å²) >= 11 is 0. The van der Waals surface area contributed by atoms with Crippen molar-refractivity contribution in [2.45, 2.75) is 6.92 Å². The van der Waals surface area contributed by atoms with E-state index in [2.05, 4.69) is 10.1 Å². The number of rotatable bonds is 5. The van der Waals surface area contributed by atoms with E-state index in [1.165, 1.54) is 18.6 Å². The SMILES string of the molecule is CCOC(=O)CNC(=O)C=Cc1ccoc1. The van der Waals surface area contributed by atoms with Crippen molar-refractivity contribution < 1.29 is 18.7 Å². The highest BCUT2D eigenvalue weighted by Gasteiger charge is 2.02. The maximum Gasteiger partial charge on any atom is 0.325 e. The molecule has 0 aliphatic rings. The molecule has 0 saturated carbocycles. The third-order valence-electron chi connectivity index (χ3n) is 1.68. The van der Waals surface area contributed by atoms with Gasteiger partial charge in [-0.15, -0.1) is 0 Å². The Balaban J connectivity index is 2.28. The van der Waals surface area contributed by atoms with Gasteiger partial charge in [-0.25, -0.2) is 0 Å². The van der Waals surface area contributed by atoms with Gasteiger partial charge in [-0.2, -0.15) is 0 Å². The highest BCUT2D eigenvalue weighted by molar-refractivity contribution is 5.93. The fraction of sp³-hybridized carbons (Fsp3) is 0.273. The summed E-state index contributed by atoms with van der Waals surface area (Å²) in [6.45, 7) is 1.89. The molecular weight excluding hydrogens is 210 g/mol. The van der Waals surface area contributed by atoms with Crippen LogP contribution in [0.3, 0.4) is 0 Å². The van der Waals surface area contributed by atoms with Gasteiger partial charge in [0.1, 0.15) is 6.54 Å². The van der Waals surface area contributed by atoms with E-state index in [1.54, 1.807) is 19.1 Å². The number of ether oxygens (including phenoxy) is 1. The molecule has 1 amide bonds. The van der Waals surface area contributed by atoms with E-state index in [0.29, 0.717) is 6.61 Å². The first kappa shape index (κ1) is 12.0. The minimum atomic E-state index is -0.451. The summed E-state index contributed by atoms with van der Waals surface area (Å²) in [6, 6.07) is 1.72. The summed E-state index contributed by atoms with van der Waals surface area (Å²) in [6.07, 6.45) is 5.93. The van der Waals surface area contributed by atoms with Gasteiger partial charge < -0.3 is 14.5 Å². The molecule has 1 aromatic heterocycles. The third-order valence-corrected chi connectivity index (χ3v) is 1.68. The van der Waals surface area contributed by atoms with Gasteiger partial charge in [0.15, 0.2) is 0 Å². The second kappa shape index (κ2) is 6.44. The highest BCUT2D eigenvalue weighted by atomic mass is 16.5. The van der Waals surface area contributed by atoms with Crippen LogP contribution in [0.1, 0.15) is 12.5 Å². The van der Waals surface area contributed by atoms with Crippen molar-refractivity contribution in [1.82, 2.24) is 5.32 Å². The first-order chi connectivity index (χ1) is 7.72. The van der Waals surface area contributed by atoms with E-state index < -0.39 is 5.97 Å². The molecule has 86 valence electrons. The summed E-state index contributed by atoms with van der Waals surface area (Å²) < 4.78 is 9.47. The standard InChI is InChI=1S/C11H13NO4/c1-2-16-11(14)7-12-10(13)4-3-9-5-6-15-8-9/h3-6,8H,2,7H2,1H3,(H,12,13). The number of hydrogen-bond donors (Lipinski definition) is 1. The molecule has 5 heteroatoms. The van der Waals surface area contributed by atoms with E-state index in [-0.39, 0.29) is 12.5 Å². The van der Waals surface area contributed by atoms with Gasteiger partial charge in [0, 0.05) is 11.6 Å². The number of esters is 1. The van der Waals surface area contributed by atoms with Crippen molar-refractivity contribution in [3.8, 4) is 0 Å². The lowest BCUT2D eigenvalue weighted by Gasteiger charge is -2.01. The summed E-state index contributed by atoms with van der Waals surface area (Å²) in [4.78, 5) is 22.1. The molecule has 1 heterocycles. The molecule has 0 aliphatic heterocycles. The maximum atomic E-state index is 11.2. The Hall–Kier alpha value is -2.04.